The van der Waals surface area contributed by atoms with Gasteiger partial charge in [-0.25, -0.2) is 0 Å². The number of para-hydroxylation sites is 1. The molecule has 0 spiro atoms. The van der Waals surface area contributed by atoms with Crippen molar-refractivity contribution in [1.29, 1.82) is 0 Å². The molecule has 2 amide bonds. The fraction of sp³-hybridized carbons (Fsp3) is 0.222. The highest BCUT2D eigenvalue weighted by atomic mass is 16.5. The van der Waals surface area contributed by atoms with Crippen LogP contribution in [0.2, 0.25) is 0 Å². The second kappa shape index (κ2) is 6.62. The van der Waals surface area contributed by atoms with Gasteiger partial charge in [0, 0.05) is 24.7 Å². The predicted molar refractivity (Wildman–Crippen MR) is 89.4 cm³/mol. The number of hydrogen-bond donors (Lipinski definition) is 1. The van der Waals surface area contributed by atoms with E-state index in [1.165, 1.54) is 0 Å². The van der Waals surface area contributed by atoms with E-state index in [9.17, 15) is 9.59 Å². The number of anilines is 1. The van der Waals surface area contributed by atoms with Crippen molar-refractivity contribution >= 4 is 17.5 Å². The number of nitrogens with zero attached hydrogens (tertiary/aromatic N) is 1. The highest BCUT2D eigenvalue weighted by molar-refractivity contribution is 5.98. The zero-order chi connectivity index (χ0) is 17.1. The van der Waals surface area contributed by atoms with Crippen LogP contribution in [0.5, 0.6) is 11.5 Å². The second-order valence-electron chi connectivity index (χ2n) is 5.52. The smallest absolute Gasteiger partial charge is 0.262 e. The first kappa shape index (κ1) is 15.9. The molecule has 2 aromatic carbocycles. The van der Waals surface area contributed by atoms with Gasteiger partial charge in [0.15, 0.2) is 6.61 Å². The molecule has 124 valence electrons. The lowest BCUT2D eigenvalue weighted by Gasteiger charge is -2.21. The lowest BCUT2D eigenvalue weighted by atomic mass is 10.1. The van der Waals surface area contributed by atoms with Gasteiger partial charge < -0.3 is 19.7 Å². The third-order valence-electron chi connectivity index (χ3n) is 3.81. The molecule has 0 bridgehead atoms. The third-order valence-corrected chi connectivity index (χ3v) is 3.81. The van der Waals surface area contributed by atoms with Crippen LogP contribution in [-0.4, -0.2) is 37.5 Å². The van der Waals surface area contributed by atoms with E-state index in [1.54, 1.807) is 37.3 Å². The minimum Gasteiger partial charge on any atom is -0.496 e. The van der Waals surface area contributed by atoms with E-state index in [0.29, 0.717) is 23.5 Å². The van der Waals surface area contributed by atoms with Crippen molar-refractivity contribution in [3.05, 3.63) is 53.6 Å². The Hall–Kier alpha value is -3.02. The number of carbonyl (C=O) groups is 2. The molecule has 0 aliphatic carbocycles. The number of benzene rings is 2. The maximum absolute atomic E-state index is 12.6. The summed E-state index contributed by atoms with van der Waals surface area (Å²) in [5, 5.41) is 2.70. The van der Waals surface area contributed by atoms with Crippen molar-refractivity contribution in [3.63, 3.8) is 0 Å². The van der Waals surface area contributed by atoms with Crippen LogP contribution in [0.3, 0.4) is 0 Å². The van der Waals surface area contributed by atoms with Crippen molar-refractivity contribution in [3.8, 4) is 11.5 Å². The van der Waals surface area contributed by atoms with E-state index in [0.717, 1.165) is 11.3 Å². The lowest BCUT2D eigenvalue weighted by Crippen LogP contribution is -2.28. The molecular weight excluding hydrogens is 308 g/mol. The Labute approximate surface area is 140 Å². The molecule has 1 N–H and O–H groups in total. The topological polar surface area (TPSA) is 67.9 Å². The van der Waals surface area contributed by atoms with Gasteiger partial charge in [0.2, 0.25) is 0 Å². The Kier molecular flexibility index (Phi) is 4.37. The maximum atomic E-state index is 12.6. The number of methoxy groups -OCH3 is 1. The Morgan fingerprint density at radius 3 is 2.88 bits per heavy atom. The van der Waals surface area contributed by atoms with Crippen LogP contribution in [0.1, 0.15) is 15.9 Å². The first-order valence-electron chi connectivity index (χ1n) is 7.52. The molecule has 6 nitrogen and oxygen atoms in total. The quantitative estimate of drug-likeness (QED) is 0.936. The third kappa shape index (κ3) is 3.17. The second-order valence-corrected chi connectivity index (χ2v) is 5.52. The van der Waals surface area contributed by atoms with Gasteiger partial charge in [-0.15, -0.1) is 0 Å². The summed E-state index contributed by atoms with van der Waals surface area (Å²) in [5.41, 5.74) is 2.01. The molecule has 0 saturated carbocycles. The molecule has 0 radical (unpaired) electrons. The average molecular weight is 326 g/mol. The fourth-order valence-corrected chi connectivity index (χ4v) is 2.59. The van der Waals surface area contributed by atoms with E-state index in [4.69, 9.17) is 9.47 Å². The van der Waals surface area contributed by atoms with Crippen molar-refractivity contribution in [2.24, 2.45) is 0 Å². The fourth-order valence-electron chi connectivity index (χ4n) is 2.59. The summed E-state index contributed by atoms with van der Waals surface area (Å²) in [5.74, 6) is 0.916. The van der Waals surface area contributed by atoms with E-state index in [1.807, 2.05) is 24.3 Å². The lowest BCUT2D eigenvalue weighted by molar-refractivity contribution is -0.118. The molecular formula is C18H18N2O4. The number of hydrogen-bond acceptors (Lipinski definition) is 4. The average Bonchev–Trinajstić information content (AvgIpc) is 2.61. The number of ether oxygens (including phenoxy) is 2. The van der Waals surface area contributed by atoms with Gasteiger partial charge in [-0.1, -0.05) is 18.2 Å². The van der Waals surface area contributed by atoms with Crippen LogP contribution >= 0.6 is 0 Å². The van der Waals surface area contributed by atoms with E-state index < -0.39 is 0 Å². The van der Waals surface area contributed by atoms with Crippen molar-refractivity contribution in [2.45, 2.75) is 6.54 Å². The van der Waals surface area contributed by atoms with Crippen LogP contribution in [0.15, 0.2) is 42.5 Å². The SMILES string of the molecule is COc1ccccc1CN(C)C(=O)c1ccc2c(c1)OCC(=O)N2. The number of carbonyl (C=O) groups excluding carboxylic acids is 2. The summed E-state index contributed by atoms with van der Waals surface area (Å²) >= 11 is 0. The zero-order valence-electron chi connectivity index (χ0n) is 13.5. The molecule has 1 aliphatic rings. The van der Waals surface area contributed by atoms with Gasteiger partial charge in [0.1, 0.15) is 11.5 Å². The van der Waals surface area contributed by atoms with Gasteiger partial charge in [-0.2, -0.15) is 0 Å². The molecule has 1 heterocycles. The van der Waals surface area contributed by atoms with Gasteiger partial charge in [0.25, 0.3) is 11.8 Å². The normalized spacial score (nSPS) is 12.7. The number of fused-ring (bicyclic) bond motifs is 1. The standard InChI is InChI=1S/C18H18N2O4/c1-20(10-13-5-3-4-6-15(13)23-2)18(22)12-7-8-14-16(9-12)24-11-17(21)19-14/h3-9H,10-11H2,1-2H3,(H,19,21). The predicted octanol–water partition coefficient (Wildman–Crippen LogP) is 2.30. The van der Waals surface area contributed by atoms with Crippen LogP contribution in [0, 0.1) is 0 Å². The van der Waals surface area contributed by atoms with Gasteiger partial charge in [-0.3, -0.25) is 9.59 Å². The van der Waals surface area contributed by atoms with Crippen molar-refractivity contribution in [1.82, 2.24) is 4.90 Å². The summed E-state index contributed by atoms with van der Waals surface area (Å²) in [7, 11) is 3.34. The highest BCUT2D eigenvalue weighted by Crippen LogP contribution is 2.29. The molecule has 6 heteroatoms. The summed E-state index contributed by atoms with van der Waals surface area (Å²) in [6.07, 6.45) is 0. The summed E-state index contributed by atoms with van der Waals surface area (Å²) in [6.45, 7) is 0.388. The monoisotopic (exact) mass is 326 g/mol. The largest absolute Gasteiger partial charge is 0.496 e. The maximum Gasteiger partial charge on any atom is 0.262 e. The number of amides is 2. The minimum atomic E-state index is -0.199. The van der Waals surface area contributed by atoms with Crippen molar-refractivity contribution in [2.75, 3.05) is 26.1 Å². The molecule has 24 heavy (non-hydrogen) atoms. The summed E-state index contributed by atoms with van der Waals surface area (Å²) in [4.78, 5) is 25.5. The first-order chi connectivity index (χ1) is 11.6. The van der Waals surface area contributed by atoms with Crippen LogP contribution in [-0.2, 0) is 11.3 Å². The zero-order valence-corrected chi connectivity index (χ0v) is 13.5. The van der Waals surface area contributed by atoms with Gasteiger partial charge >= 0.3 is 0 Å². The van der Waals surface area contributed by atoms with Gasteiger partial charge in [-0.05, 0) is 24.3 Å². The molecule has 1 aliphatic heterocycles. The molecule has 0 aromatic heterocycles. The molecule has 0 unspecified atom stereocenters. The van der Waals surface area contributed by atoms with Crippen LogP contribution < -0.4 is 14.8 Å². The molecule has 2 aromatic rings. The van der Waals surface area contributed by atoms with Gasteiger partial charge in [0.05, 0.1) is 12.8 Å². The molecule has 0 saturated heterocycles. The summed E-state index contributed by atoms with van der Waals surface area (Å²) in [6, 6.07) is 12.6. The Balaban J connectivity index is 1.77. The molecule has 0 atom stereocenters. The van der Waals surface area contributed by atoms with E-state index >= 15 is 0 Å². The molecule has 0 fully saturated rings. The van der Waals surface area contributed by atoms with E-state index in [2.05, 4.69) is 5.32 Å². The van der Waals surface area contributed by atoms with Crippen LogP contribution in [0.25, 0.3) is 0 Å². The molecule has 3 rings (SSSR count). The minimum absolute atomic E-state index is 0.0400. The highest BCUT2D eigenvalue weighted by Gasteiger charge is 2.20. The van der Waals surface area contributed by atoms with Crippen LogP contribution in [0.4, 0.5) is 5.69 Å². The Morgan fingerprint density at radius 1 is 1.29 bits per heavy atom. The first-order valence-corrected chi connectivity index (χ1v) is 7.52. The summed E-state index contributed by atoms with van der Waals surface area (Å²) < 4.78 is 10.7. The van der Waals surface area contributed by atoms with E-state index in [-0.39, 0.29) is 18.4 Å². The number of rotatable bonds is 4. The number of nitrogens with one attached hydrogen (secondary N) is 1. The Morgan fingerprint density at radius 2 is 2.08 bits per heavy atom. The Bertz CT molecular complexity index is 788. The van der Waals surface area contributed by atoms with Crippen molar-refractivity contribution < 1.29 is 19.1 Å².